The second-order valence-electron chi connectivity index (χ2n) is 7.62. The minimum absolute atomic E-state index is 0.242. The lowest BCUT2D eigenvalue weighted by Gasteiger charge is -2.27. The highest BCUT2D eigenvalue weighted by atomic mass is 16.5. The van der Waals surface area contributed by atoms with Crippen LogP contribution in [0.3, 0.4) is 0 Å². The molecule has 2 saturated carbocycles. The third kappa shape index (κ3) is 3.53. The van der Waals surface area contributed by atoms with Gasteiger partial charge in [-0.15, -0.1) is 0 Å². The van der Waals surface area contributed by atoms with Gasteiger partial charge in [0.05, 0.1) is 7.11 Å². The number of nitrogens with zero attached hydrogens (tertiary/aromatic N) is 2. The van der Waals surface area contributed by atoms with Crippen LogP contribution in [0, 0.1) is 11.8 Å². The molecular weight excluding hydrogens is 328 g/mol. The summed E-state index contributed by atoms with van der Waals surface area (Å²) in [5.41, 5.74) is 0.894. The van der Waals surface area contributed by atoms with Crippen molar-refractivity contribution < 1.29 is 14.1 Å². The van der Waals surface area contributed by atoms with Gasteiger partial charge in [-0.25, -0.2) is 0 Å². The SMILES string of the molecule is COc1cccc(-c2noc(C3CCCC(C(=O)C4CCC4)CC3)n2)c1. The van der Waals surface area contributed by atoms with Crippen molar-refractivity contribution in [1.29, 1.82) is 0 Å². The summed E-state index contributed by atoms with van der Waals surface area (Å²) in [6.45, 7) is 0. The fraction of sp³-hybridized carbons (Fsp3) is 0.571. The second kappa shape index (κ2) is 7.60. The summed E-state index contributed by atoms with van der Waals surface area (Å²) in [6, 6.07) is 7.69. The van der Waals surface area contributed by atoms with Gasteiger partial charge in [-0.1, -0.05) is 30.1 Å². The topological polar surface area (TPSA) is 65.2 Å². The van der Waals surface area contributed by atoms with Crippen LogP contribution in [-0.4, -0.2) is 23.0 Å². The highest BCUT2D eigenvalue weighted by molar-refractivity contribution is 5.84. The third-order valence-electron chi connectivity index (χ3n) is 6.00. The normalized spacial score (nSPS) is 23.9. The summed E-state index contributed by atoms with van der Waals surface area (Å²) < 4.78 is 10.8. The molecule has 0 aliphatic heterocycles. The number of hydrogen-bond acceptors (Lipinski definition) is 5. The van der Waals surface area contributed by atoms with E-state index in [2.05, 4.69) is 10.1 Å². The quantitative estimate of drug-likeness (QED) is 0.723. The molecule has 138 valence electrons. The number of carbonyl (C=O) groups excluding carboxylic acids is 1. The molecule has 0 N–H and O–H groups in total. The number of aromatic nitrogens is 2. The van der Waals surface area contributed by atoms with Gasteiger partial charge in [0.2, 0.25) is 11.7 Å². The average Bonchev–Trinajstić information content (AvgIpc) is 2.98. The minimum atomic E-state index is 0.242. The van der Waals surface area contributed by atoms with E-state index < -0.39 is 0 Å². The van der Waals surface area contributed by atoms with E-state index in [1.807, 2.05) is 24.3 Å². The standard InChI is InChI=1S/C21H26N2O3/c1-25-18-10-4-9-17(13-18)20-22-21(26-23-20)16-8-3-7-15(11-12-16)19(24)14-5-2-6-14/h4,9-10,13-16H,2-3,5-8,11-12H2,1H3. The molecule has 5 heteroatoms. The van der Waals surface area contributed by atoms with Crippen LogP contribution in [0.5, 0.6) is 5.75 Å². The van der Waals surface area contributed by atoms with E-state index in [1.54, 1.807) is 7.11 Å². The predicted octanol–water partition coefficient (Wildman–Crippen LogP) is 4.78. The van der Waals surface area contributed by atoms with Gasteiger partial charge in [0.25, 0.3) is 0 Å². The minimum Gasteiger partial charge on any atom is -0.497 e. The zero-order chi connectivity index (χ0) is 17.9. The molecule has 0 saturated heterocycles. The van der Waals surface area contributed by atoms with Crippen LogP contribution >= 0.6 is 0 Å². The summed E-state index contributed by atoms with van der Waals surface area (Å²) in [5.74, 6) is 3.46. The molecule has 2 aliphatic rings. The summed E-state index contributed by atoms with van der Waals surface area (Å²) >= 11 is 0. The maximum absolute atomic E-state index is 12.6. The van der Waals surface area contributed by atoms with Crippen molar-refractivity contribution in [2.24, 2.45) is 11.8 Å². The Kier molecular flexibility index (Phi) is 5.05. The largest absolute Gasteiger partial charge is 0.497 e. The first-order valence-corrected chi connectivity index (χ1v) is 9.76. The van der Waals surface area contributed by atoms with Crippen molar-refractivity contribution in [2.45, 2.75) is 57.3 Å². The number of rotatable bonds is 5. The van der Waals surface area contributed by atoms with Crippen LogP contribution in [0.4, 0.5) is 0 Å². The first-order valence-electron chi connectivity index (χ1n) is 9.76. The Morgan fingerprint density at radius 2 is 1.85 bits per heavy atom. The first-order chi connectivity index (χ1) is 12.7. The zero-order valence-corrected chi connectivity index (χ0v) is 15.3. The Morgan fingerprint density at radius 3 is 2.62 bits per heavy atom. The average molecular weight is 354 g/mol. The van der Waals surface area contributed by atoms with E-state index in [9.17, 15) is 4.79 Å². The smallest absolute Gasteiger partial charge is 0.230 e. The molecular formula is C21H26N2O3. The molecule has 4 rings (SSSR count). The molecule has 26 heavy (non-hydrogen) atoms. The van der Waals surface area contributed by atoms with Crippen LogP contribution in [0.1, 0.15) is 63.2 Å². The monoisotopic (exact) mass is 354 g/mol. The van der Waals surface area contributed by atoms with Crippen molar-refractivity contribution in [3.63, 3.8) is 0 Å². The molecule has 2 atom stereocenters. The fourth-order valence-corrected chi connectivity index (χ4v) is 4.14. The van der Waals surface area contributed by atoms with Crippen molar-refractivity contribution in [1.82, 2.24) is 10.1 Å². The van der Waals surface area contributed by atoms with Gasteiger partial charge in [-0.3, -0.25) is 4.79 Å². The van der Waals surface area contributed by atoms with Gasteiger partial charge < -0.3 is 9.26 Å². The Balaban J connectivity index is 1.43. The van der Waals surface area contributed by atoms with Gasteiger partial charge in [-0.2, -0.15) is 4.98 Å². The van der Waals surface area contributed by atoms with Crippen LogP contribution < -0.4 is 4.74 Å². The summed E-state index contributed by atoms with van der Waals surface area (Å²) in [5, 5.41) is 4.16. The molecule has 0 bridgehead atoms. The zero-order valence-electron chi connectivity index (χ0n) is 15.3. The molecule has 1 heterocycles. The summed E-state index contributed by atoms with van der Waals surface area (Å²) in [7, 11) is 1.65. The number of hydrogen-bond donors (Lipinski definition) is 0. The number of methoxy groups -OCH3 is 1. The Hall–Kier alpha value is -2.17. The molecule has 5 nitrogen and oxygen atoms in total. The van der Waals surface area contributed by atoms with Gasteiger partial charge >= 0.3 is 0 Å². The number of ether oxygens (including phenoxy) is 1. The first kappa shape index (κ1) is 17.3. The predicted molar refractivity (Wildman–Crippen MR) is 98.0 cm³/mol. The van der Waals surface area contributed by atoms with E-state index >= 15 is 0 Å². The van der Waals surface area contributed by atoms with Crippen molar-refractivity contribution in [3.05, 3.63) is 30.2 Å². The highest BCUT2D eigenvalue weighted by Gasteiger charge is 2.33. The molecule has 2 fully saturated rings. The molecule has 2 unspecified atom stereocenters. The molecule has 2 aliphatic carbocycles. The van der Waals surface area contributed by atoms with E-state index in [0.29, 0.717) is 23.4 Å². The lowest BCUT2D eigenvalue weighted by molar-refractivity contribution is -0.129. The van der Waals surface area contributed by atoms with Gasteiger partial charge in [0.1, 0.15) is 11.5 Å². The fourth-order valence-electron chi connectivity index (χ4n) is 4.14. The molecule has 2 aromatic rings. The van der Waals surface area contributed by atoms with Gasteiger partial charge in [0.15, 0.2) is 0 Å². The third-order valence-corrected chi connectivity index (χ3v) is 6.00. The van der Waals surface area contributed by atoms with Crippen LogP contribution in [-0.2, 0) is 4.79 Å². The van der Waals surface area contributed by atoms with Crippen LogP contribution in [0.2, 0.25) is 0 Å². The maximum atomic E-state index is 12.6. The Morgan fingerprint density at radius 1 is 1.08 bits per heavy atom. The molecule has 0 radical (unpaired) electrons. The highest BCUT2D eigenvalue weighted by Crippen LogP contribution is 2.38. The molecule has 1 aromatic carbocycles. The van der Waals surface area contributed by atoms with E-state index in [-0.39, 0.29) is 11.8 Å². The maximum Gasteiger partial charge on any atom is 0.230 e. The molecule has 0 spiro atoms. The van der Waals surface area contributed by atoms with Crippen molar-refractivity contribution >= 4 is 5.78 Å². The Bertz CT molecular complexity index is 766. The van der Waals surface area contributed by atoms with Crippen LogP contribution in [0.15, 0.2) is 28.8 Å². The number of carbonyl (C=O) groups is 1. The van der Waals surface area contributed by atoms with Crippen molar-refractivity contribution in [3.8, 4) is 17.1 Å². The number of benzene rings is 1. The molecule has 0 amide bonds. The van der Waals surface area contributed by atoms with Crippen LogP contribution in [0.25, 0.3) is 11.4 Å². The van der Waals surface area contributed by atoms with Crippen molar-refractivity contribution in [2.75, 3.05) is 7.11 Å². The van der Waals surface area contributed by atoms with E-state index in [4.69, 9.17) is 9.26 Å². The lowest BCUT2D eigenvalue weighted by Crippen LogP contribution is -2.28. The summed E-state index contributed by atoms with van der Waals surface area (Å²) in [4.78, 5) is 17.2. The van der Waals surface area contributed by atoms with E-state index in [0.717, 1.165) is 56.3 Å². The van der Waals surface area contributed by atoms with Gasteiger partial charge in [0, 0.05) is 23.3 Å². The summed E-state index contributed by atoms with van der Waals surface area (Å²) in [6.07, 6.45) is 8.45. The molecule has 1 aromatic heterocycles. The number of Topliss-reactive ketones (excluding diaryl/α,β-unsaturated/α-hetero) is 1. The Labute approximate surface area is 154 Å². The van der Waals surface area contributed by atoms with E-state index in [1.165, 1.54) is 6.42 Å². The second-order valence-corrected chi connectivity index (χ2v) is 7.62. The lowest BCUT2D eigenvalue weighted by atomic mass is 9.76. The van der Waals surface area contributed by atoms with Gasteiger partial charge in [-0.05, 0) is 50.7 Å². The number of ketones is 1.